The lowest BCUT2D eigenvalue weighted by Crippen LogP contribution is -2.37. The van der Waals surface area contributed by atoms with E-state index in [4.69, 9.17) is 5.11 Å². The Morgan fingerprint density at radius 3 is 2.55 bits per heavy atom. The summed E-state index contributed by atoms with van der Waals surface area (Å²) >= 11 is 4.28. The van der Waals surface area contributed by atoms with E-state index in [0.29, 0.717) is 11.8 Å². The Labute approximate surface area is 71.4 Å². The van der Waals surface area contributed by atoms with Gasteiger partial charge in [0.1, 0.15) is 4.75 Å². The molecule has 2 aliphatic rings. The molecule has 0 aromatic carbocycles. The SMILES string of the molecule is O=C(O)C1(S)CC2CCC1C2. The Hall–Kier alpha value is -0.180. The molecule has 3 heteroatoms. The zero-order valence-corrected chi connectivity index (χ0v) is 7.18. The van der Waals surface area contributed by atoms with Crippen LogP contribution in [0.4, 0.5) is 0 Å². The Kier molecular flexibility index (Phi) is 1.46. The molecule has 62 valence electrons. The summed E-state index contributed by atoms with van der Waals surface area (Å²) < 4.78 is -0.678. The molecule has 2 bridgehead atoms. The van der Waals surface area contributed by atoms with Gasteiger partial charge in [0.05, 0.1) is 0 Å². The van der Waals surface area contributed by atoms with Crippen molar-refractivity contribution in [3.63, 3.8) is 0 Å². The summed E-state index contributed by atoms with van der Waals surface area (Å²) in [6.45, 7) is 0. The maximum absolute atomic E-state index is 10.8. The van der Waals surface area contributed by atoms with Crippen LogP contribution in [0, 0.1) is 11.8 Å². The van der Waals surface area contributed by atoms with Crippen LogP contribution < -0.4 is 0 Å². The molecule has 1 N–H and O–H groups in total. The number of carboxylic acids is 1. The number of carbonyl (C=O) groups is 1. The highest BCUT2D eigenvalue weighted by atomic mass is 32.1. The summed E-state index contributed by atoms with van der Waals surface area (Å²) in [6.07, 6.45) is 4.17. The lowest BCUT2D eigenvalue weighted by Gasteiger charge is -2.27. The first-order valence-corrected chi connectivity index (χ1v) is 4.53. The molecular formula is C8H12O2S. The lowest BCUT2D eigenvalue weighted by molar-refractivity contribution is -0.141. The predicted molar refractivity (Wildman–Crippen MR) is 44.8 cm³/mol. The van der Waals surface area contributed by atoms with E-state index in [1.54, 1.807) is 0 Å². The minimum absolute atomic E-state index is 0.341. The normalized spacial score (nSPS) is 48.1. The van der Waals surface area contributed by atoms with Crippen molar-refractivity contribution in [2.45, 2.75) is 30.4 Å². The van der Waals surface area contributed by atoms with E-state index in [1.165, 1.54) is 6.42 Å². The van der Waals surface area contributed by atoms with Gasteiger partial charge >= 0.3 is 5.97 Å². The highest BCUT2D eigenvalue weighted by Crippen LogP contribution is 2.53. The van der Waals surface area contributed by atoms with Crippen LogP contribution in [0.15, 0.2) is 0 Å². The van der Waals surface area contributed by atoms with Gasteiger partial charge in [0.25, 0.3) is 0 Å². The van der Waals surface area contributed by atoms with E-state index in [2.05, 4.69) is 12.6 Å². The van der Waals surface area contributed by atoms with Crippen molar-refractivity contribution in [2.24, 2.45) is 11.8 Å². The number of carboxylic acid groups (broad SMARTS) is 1. The van der Waals surface area contributed by atoms with Crippen molar-refractivity contribution in [3.05, 3.63) is 0 Å². The van der Waals surface area contributed by atoms with Crippen molar-refractivity contribution in [3.8, 4) is 0 Å². The third-order valence-corrected chi connectivity index (χ3v) is 3.93. The molecule has 0 amide bonds. The molecule has 3 unspecified atom stereocenters. The molecule has 3 atom stereocenters. The van der Waals surface area contributed by atoms with Gasteiger partial charge in [0.2, 0.25) is 0 Å². The lowest BCUT2D eigenvalue weighted by atomic mass is 9.88. The van der Waals surface area contributed by atoms with E-state index in [9.17, 15) is 4.79 Å². The Morgan fingerprint density at radius 1 is 1.55 bits per heavy atom. The predicted octanol–water partition coefficient (Wildman–Crippen LogP) is 1.56. The van der Waals surface area contributed by atoms with E-state index >= 15 is 0 Å². The van der Waals surface area contributed by atoms with Gasteiger partial charge in [-0.25, -0.2) is 0 Å². The molecule has 0 aromatic heterocycles. The smallest absolute Gasteiger partial charge is 0.319 e. The second kappa shape index (κ2) is 2.16. The fraction of sp³-hybridized carbons (Fsp3) is 0.875. The van der Waals surface area contributed by atoms with Crippen LogP contribution >= 0.6 is 12.6 Å². The third-order valence-electron chi connectivity index (χ3n) is 3.19. The van der Waals surface area contributed by atoms with Crippen LogP contribution in [0.2, 0.25) is 0 Å². The van der Waals surface area contributed by atoms with E-state index in [1.807, 2.05) is 0 Å². The average molecular weight is 172 g/mol. The molecule has 0 aliphatic heterocycles. The van der Waals surface area contributed by atoms with Crippen LogP contribution in [-0.2, 0) is 4.79 Å². The highest BCUT2D eigenvalue weighted by molar-refractivity contribution is 7.82. The van der Waals surface area contributed by atoms with Crippen molar-refractivity contribution >= 4 is 18.6 Å². The fourth-order valence-electron chi connectivity index (χ4n) is 2.56. The number of aliphatic carboxylic acids is 1. The summed E-state index contributed by atoms with van der Waals surface area (Å²) in [5.41, 5.74) is 0. The number of hydrogen-bond acceptors (Lipinski definition) is 2. The molecule has 0 heterocycles. The number of rotatable bonds is 1. The topological polar surface area (TPSA) is 37.3 Å². The second-order valence-electron chi connectivity index (χ2n) is 3.81. The quantitative estimate of drug-likeness (QED) is 0.589. The Morgan fingerprint density at radius 2 is 2.27 bits per heavy atom. The van der Waals surface area contributed by atoms with Gasteiger partial charge in [-0.05, 0) is 31.1 Å². The summed E-state index contributed by atoms with van der Waals surface area (Å²) in [5.74, 6) is 0.273. The van der Waals surface area contributed by atoms with Crippen molar-refractivity contribution in [1.29, 1.82) is 0 Å². The monoisotopic (exact) mass is 172 g/mol. The average Bonchev–Trinajstić information content (AvgIpc) is 2.45. The molecule has 2 nitrogen and oxygen atoms in total. The zero-order valence-electron chi connectivity index (χ0n) is 6.29. The van der Waals surface area contributed by atoms with Crippen LogP contribution in [0.3, 0.4) is 0 Å². The van der Waals surface area contributed by atoms with Gasteiger partial charge in [0, 0.05) is 0 Å². The molecule has 0 saturated heterocycles. The fourth-order valence-corrected chi connectivity index (χ4v) is 3.06. The Balaban J connectivity index is 2.23. The van der Waals surface area contributed by atoms with Gasteiger partial charge in [0.15, 0.2) is 0 Å². The summed E-state index contributed by atoms with van der Waals surface area (Å²) in [5, 5.41) is 8.92. The standard InChI is InChI=1S/C8H12O2S/c9-7(10)8(11)4-5-1-2-6(8)3-5/h5-6,11H,1-4H2,(H,9,10). The first-order chi connectivity index (χ1) is 5.13. The maximum atomic E-state index is 10.8. The third kappa shape index (κ3) is 0.901. The van der Waals surface area contributed by atoms with Crippen LogP contribution in [0.1, 0.15) is 25.7 Å². The summed E-state index contributed by atoms with van der Waals surface area (Å²) in [6, 6.07) is 0. The highest BCUT2D eigenvalue weighted by Gasteiger charge is 2.53. The molecule has 2 aliphatic carbocycles. The van der Waals surface area contributed by atoms with E-state index < -0.39 is 10.7 Å². The minimum atomic E-state index is -0.715. The number of hydrogen-bond donors (Lipinski definition) is 2. The largest absolute Gasteiger partial charge is 0.480 e. The summed E-state index contributed by atoms with van der Waals surface area (Å²) in [4.78, 5) is 10.8. The van der Waals surface area contributed by atoms with Gasteiger partial charge in [-0.3, -0.25) is 4.79 Å². The molecule has 0 radical (unpaired) electrons. The van der Waals surface area contributed by atoms with E-state index in [0.717, 1.165) is 19.3 Å². The van der Waals surface area contributed by atoms with Gasteiger partial charge in [-0.1, -0.05) is 6.42 Å². The first kappa shape index (κ1) is 7.47. The molecule has 2 fully saturated rings. The van der Waals surface area contributed by atoms with Crippen LogP contribution in [-0.4, -0.2) is 15.8 Å². The minimum Gasteiger partial charge on any atom is -0.480 e. The van der Waals surface area contributed by atoms with E-state index in [-0.39, 0.29) is 0 Å². The molecular weight excluding hydrogens is 160 g/mol. The molecule has 11 heavy (non-hydrogen) atoms. The second-order valence-corrected chi connectivity index (χ2v) is 4.61. The number of fused-ring (bicyclic) bond motifs is 2. The van der Waals surface area contributed by atoms with Gasteiger partial charge < -0.3 is 5.11 Å². The van der Waals surface area contributed by atoms with Crippen LogP contribution in [0.25, 0.3) is 0 Å². The van der Waals surface area contributed by atoms with Gasteiger partial charge in [-0.15, -0.1) is 0 Å². The zero-order chi connectivity index (χ0) is 8.06. The Bertz CT molecular complexity index is 204. The summed E-state index contributed by atoms with van der Waals surface area (Å²) in [7, 11) is 0. The number of thiol groups is 1. The van der Waals surface area contributed by atoms with Gasteiger partial charge in [-0.2, -0.15) is 12.6 Å². The first-order valence-electron chi connectivity index (χ1n) is 4.08. The molecule has 2 saturated carbocycles. The van der Waals surface area contributed by atoms with Crippen molar-refractivity contribution in [2.75, 3.05) is 0 Å². The molecule has 0 spiro atoms. The van der Waals surface area contributed by atoms with Crippen LogP contribution in [0.5, 0.6) is 0 Å². The van der Waals surface area contributed by atoms with Crippen molar-refractivity contribution < 1.29 is 9.90 Å². The van der Waals surface area contributed by atoms with Crippen molar-refractivity contribution in [1.82, 2.24) is 0 Å². The molecule has 0 aromatic rings. The molecule has 2 rings (SSSR count). The maximum Gasteiger partial charge on any atom is 0.319 e.